The molecule has 0 aliphatic rings. The summed E-state index contributed by atoms with van der Waals surface area (Å²) >= 11 is -0.282. The molecule has 5 aromatic rings. The zero-order valence-corrected chi connectivity index (χ0v) is 21.6. The molecule has 0 atom stereocenters. The first-order valence-corrected chi connectivity index (χ1v) is 14.7. The van der Waals surface area contributed by atoms with E-state index in [1.54, 1.807) is 30.5 Å². The number of nitrogens with two attached hydrogens (primary N) is 1. The van der Waals surface area contributed by atoms with Crippen molar-refractivity contribution in [2.24, 2.45) is 5.14 Å². The normalized spacial score (nSPS) is 12.1. The van der Waals surface area contributed by atoms with Gasteiger partial charge in [0.25, 0.3) is 0 Å². The van der Waals surface area contributed by atoms with E-state index in [1.807, 2.05) is 60.0 Å². The van der Waals surface area contributed by atoms with Gasteiger partial charge >= 0.3 is 211 Å². The van der Waals surface area contributed by atoms with Gasteiger partial charge in [0.15, 0.2) is 0 Å². The summed E-state index contributed by atoms with van der Waals surface area (Å²) in [7, 11) is -3.68. The molecule has 8 nitrogen and oxygen atoms in total. The fraction of sp³-hybridized carbons (Fsp3) is 0.120. The zero-order valence-electron chi connectivity index (χ0n) is 18.9. The van der Waals surface area contributed by atoms with Crippen molar-refractivity contribution in [3.05, 3.63) is 90.4 Å². The Labute approximate surface area is 210 Å². The standard InChI is InChI=1S/C25H22AsN6O2S/c1-17-5-4-6-20(29-17)23-24(32-16-3-2-7-22(32)31-23)21-13-15-28-25(30-21)26-14-12-18-8-10-19(11-9-18)35(27,33)34/h2-11,13,15-16H,12,14H2,1H3,(H2,27,33,34). The predicted octanol–water partition coefficient (Wildman–Crippen LogP) is 2.80. The van der Waals surface area contributed by atoms with E-state index in [1.165, 1.54) is 0 Å². The van der Waals surface area contributed by atoms with Crippen LogP contribution in [0, 0.1) is 6.92 Å². The minimum atomic E-state index is -3.68. The summed E-state index contributed by atoms with van der Waals surface area (Å²) in [5.74, 6) is 0. The van der Waals surface area contributed by atoms with Crippen LogP contribution < -0.4 is 9.75 Å². The van der Waals surface area contributed by atoms with E-state index in [0.717, 1.165) is 55.9 Å². The second-order valence-corrected chi connectivity index (χ2v) is 12.0. The number of imidazole rings is 1. The van der Waals surface area contributed by atoms with E-state index in [-0.39, 0.29) is 20.6 Å². The van der Waals surface area contributed by atoms with E-state index in [0.29, 0.717) is 0 Å². The molecule has 10 heteroatoms. The molecule has 0 unspecified atom stereocenters. The zero-order chi connectivity index (χ0) is 24.4. The van der Waals surface area contributed by atoms with E-state index >= 15 is 0 Å². The minimum absolute atomic E-state index is 0.123. The van der Waals surface area contributed by atoms with Crippen molar-refractivity contribution in [3.63, 3.8) is 0 Å². The number of pyridine rings is 2. The first-order valence-electron chi connectivity index (χ1n) is 10.9. The number of primary sulfonamides is 1. The topological polar surface area (TPSA) is 116 Å². The average Bonchev–Trinajstić information content (AvgIpc) is 3.24. The number of hydrogen-bond acceptors (Lipinski definition) is 6. The van der Waals surface area contributed by atoms with Crippen LogP contribution in [0.5, 0.6) is 0 Å². The Balaban J connectivity index is 1.41. The quantitative estimate of drug-likeness (QED) is 0.315. The number of hydrogen-bond donors (Lipinski definition) is 1. The van der Waals surface area contributed by atoms with Gasteiger partial charge in [-0.25, -0.2) is 0 Å². The first kappa shape index (κ1) is 23.4. The van der Waals surface area contributed by atoms with Crippen LogP contribution >= 0.6 is 0 Å². The molecule has 35 heavy (non-hydrogen) atoms. The van der Waals surface area contributed by atoms with Crippen molar-refractivity contribution < 1.29 is 8.42 Å². The summed E-state index contributed by atoms with van der Waals surface area (Å²) < 4.78 is 25.7. The number of rotatable bonds is 7. The molecule has 0 bridgehead atoms. The molecule has 1 radical (unpaired) electrons. The fourth-order valence-electron chi connectivity index (χ4n) is 3.78. The van der Waals surface area contributed by atoms with Crippen LogP contribution in [-0.2, 0) is 16.4 Å². The molecule has 0 saturated carbocycles. The third-order valence-corrected chi connectivity index (χ3v) is 8.36. The third kappa shape index (κ3) is 5.17. The van der Waals surface area contributed by atoms with Crippen molar-refractivity contribution >= 4 is 36.0 Å². The van der Waals surface area contributed by atoms with Crippen molar-refractivity contribution in [2.75, 3.05) is 0 Å². The van der Waals surface area contributed by atoms with Gasteiger partial charge in [-0.3, -0.25) is 0 Å². The summed E-state index contributed by atoms with van der Waals surface area (Å²) in [6.07, 6.45) is 4.59. The van der Waals surface area contributed by atoms with Crippen molar-refractivity contribution in [2.45, 2.75) is 23.4 Å². The molecule has 0 aliphatic carbocycles. The second kappa shape index (κ2) is 9.70. The molecule has 175 valence electrons. The third-order valence-electron chi connectivity index (χ3n) is 5.45. The summed E-state index contributed by atoms with van der Waals surface area (Å²) in [6, 6.07) is 20.4. The van der Waals surface area contributed by atoms with Crippen molar-refractivity contribution in [1.29, 1.82) is 0 Å². The fourth-order valence-corrected chi connectivity index (χ4v) is 6.18. The van der Waals surface area contributed by atoms with Crippen molar-refractivity contribution in [1.82, 2.24) is 24.3 Å². The predicted molar refractivity (Wildman–Crippen MR) is 136 cm³/mol. The molecule has 0 amide bonds. The Morgan fingerprint density at radius 3 is 2.51 bits per heavy atom. The van der Waals surface area contributed by atoms with Gasteiger partial charge in [-0.1, -0.05) is 0 Å². The van der Waals surface area contributed by atoms with E-state index in [2.05, 4.69) is 4.98 Å². The van der Waals surface area contributed by atoms with Gasteiger partial charge in [-0.15, -0.1) is 0 Å². The SMILES string of the molecule is Cc1cccc(-c2nc3ccccn3c2-c2ccnc([As]CCc3ccc(S(N)(=O)=O)cc3)n2)n1. The summed E-state index contributed by atoms with van der Waals surface area (Å²) in [4.78, 5) is 19.1. The number of benzene rings is 1. The molecule has 0 saturated heterocycles. The average molecular weight is 545 g/mol. The van der Waals surface area contributed by atoms with Gasteiger partial charge in [0.05, 0.1) is 0 Å². The van der Waals surface area contributed by atoms with Gasteiger partial charge in [0.2, 0.25) is 0 Å². The van der Waals surface area contributed by atoms with Crippen LogP contribution in [0.25, 0.3) is 28.4 Å². The molecule has 0 fully saturated rings. The van der Waals surface area contributed by atoms with Gasteiger partial charge in [0, 0.05) is 0 Å². The Morgan fingerprint density at radius 2 is 1.74 bits per heavy atom. The van der Waals surface area contributed by atoms with Gasteiger partial charge in [0.1, 0.15) is 0 Å². The summed E-state index contributed by atoms with van der Waals surface area (Å²) in [5.41, 5.74) is 6.10. The molecule has 0 aliphatic heterocycles. The van der Waals surface area contributed by atoms with Crippen LogP contribution in [0.15, 0.2) is 84.0 Å². The van der Waals surface area contributed by atoms with Crippen LogP contribution in [0.1, 0.15) is 11.3 Å². The molecule has 4 aromatic heterocycles. The van der Waals surface area contributed by atoms with Crippen LogP contribution in [0.3, 0.4) is 0 Å². The number of aromatic nitrogens is 5. The van der Waals surface area contributed by atoms with Crippen LogP contribution in [-0.4, -0.2) is 48.5 Å². The number of aryl methyl sites for hydroxylation is 2. The number of fused-ring (bicyclic) bond motifs is 1. The van der Waals surface area contributed by atoms with Crippen molar-refractivity contribution in [3.8, 4) is 22.8 Å². The molecule has 0 spiro atoms. The number of nitrogens with zero attached hydrogens (tertiary/aromatic N) is 5. The Kier molecular flexibility index (Phi) is 6.47. The molecule has 5 rings (SSSR count). The molecular weight excluding hydrogens is 523 g/mol. The Bertz CT molecular complexity index is 1620. The second-order valence-electron chi connectivity index (χ2n) is 7.96. The summed E-state index contributed by atoms with van der Waals surface area (Å²) in [5, 5.41) is 6.09. The monoisotopic (exact) mass is 545 g/mol. The molecule has 2 N–H and O–H groups in total. The summed E-state index contributed by atoms with van der Waals surface area (Å²) in [6.45, 7) is 1.97. The molecule has 4 heterocycles. The first-order chi connectivity index (χ1) is 16.9. The van der Waals surface area contributed by atoms with Gasteiger partial charge in [-0.05, 0) is 0 Å². The van der Waals surface area contributed by atoms with E-state index in [4.69, 9.17) is 20.1 Å². The number of sulfonamides is 1. The molecular formula is C25H22AsN6O2S. The van der Waals surface area contributed by atoms with Crippen LogP contribution in [0.4, 0.5) is 0 Å². The Morgan fingerprint density at radius 1 is 0.914 bits per heavy atom. The Hall–Kier alpha value is -3.39. The molecule has 1 aromatic carbocycles. The van der Waals surface area contributed by atoms with Crippen LogP contribution in [0.2, 0.25) is 5.21 Å². The van der Waals surface area contributed by atoms with E-state index in [9.17, 15) is 8.42 Å². The van der Waals surface area contributed by atoms with E-state index < -0.39 is 10.0 Å². The van der Waals surface area contributed by atoms with Gasteiger partial charge in [-0.2, -0.15) is 0 Å². The maximum absolute atomic E-state index is 11.4. The maximum atomic E-state index is 11.4. The van der Waals surface area contributed by atoms with Gasteiger partial charge < -0.3 is 0 Å².